The Labute approximate surface area is 111 Å². The lowest BCUT2D eigenvalue weighted by atomic mass is 10.1. The number of rotatable bonds is 5. The lowest BCUT2D eigenvalue weighted by molar-refractivity contribution is 0.0904. The Morgan fingerprint density at radius 3 is 2.06 bits per heavy atom. The van der Waals surface area contributed by atoms with Crippen molar-refractivity contribution in [1.82, 2.24) is 0 Å². The van der Waals surface area contributed by atoms with E-state index in [1.807, 2.05) is 0 Å². The summed E-state index contributed by atoms with van der Waals surface area (Å²) in [5, 5.41) is 17.5. The monoisotopic (exact) mass is 270 g/mol. The number of benzene rings is 1. The molecule has 0 aliphatic rings. The van der Waals surface area contributed by atoms with Gasteiger partial charge in [0.2, 0.25) is 0 Å². The Morgan fingerprint density at radius 1 is 1.06 bits per heavy atom. The van der Waals surface area contributed by atoms with Crippen LogP contribution in [0.1, 0.15) is 22.3 Å². The summed E-state index contributed by atoms with van der Waals surface area (Å²) in [6.07, 6.45) is 0.444. The largest absolute Gasteiger partial charge is 0.396 e. The first-order chi connectivity index (χ1) is 8.10. The van der Waals surface area contributed by atoms with Crippen LogP contribution >= 0.6 is 25.3 Å². The van der Waals surface area contributed by atoms with E-state index in [4.69, 9.17) is 10.2 Å². The molecular weight excluding hydrogens is 256 g/mol. The van der Waals surface area contributed by atoms with Gasteiger partial charge >= 0.3 is 0 Å². The highest BCUT2D eigenvalue weighted by Gasteiger charge is 2.06. The van der Waals surface area contributed by atoms with Gasteiger partial charge in [0.1, 0.15) is 6.61 Å². The summed E-state index contributed by atoms with van der Waals surface area (Å²) in [6, 6.07) is 6.73. The maximum atomic E-state index is 11.2. The van der Waals surface area contributed by atoms with Gasteiger partial charge in [0, 0.05) is 23.5 Å². The number of aliphatic hydroxyl groups excluding tert-OH is 2. The van der Waals surface area contributed by atoms with Gasteiger partial charge in [-0.1, -0.05) is 24.3 Å². The average molecular weight is 270 g/mol. The van der Waals surface area contributed by atoms with Gasteiger partial charge in [-0.15, -0.1) is 25.3 Å². The van der Waals surface area contributed by atoms with Crippen molar-refractivity contribution >= 4 is 35.9 Å². The number of Topliss-reactive ketones (excluding diaryl/α,β-unsaturated/α-hetero) is 1. The average Bonchev–Trinajstić information content (AvgIpc) is 2.37. The zero-order chi connectivity index (χ0) is 12.8. The highest BCUT2D eigenvalue weighted by molar-refractivity contribution is 7.93. The topological polar surface area (TPSA) is 57.5 Å². The number of hydrogen-bond acceptors (Lipinski definition) is 5. The van der Waals surface area contributed by atoms with Crippen LogP contribution in [0.4, 0.5) is 0 Å². The van der Waals surface area contributed by atoms with Crippen LogP contribution in [0.5, 0.6) is 0 Å². The van der Waals surface area contributed by atoms with E-state index in [1.165, 1.54) is 0 Å². The predicted molar refractivity (Wildman–Crippen MR) is 74.5 cm³/mol. The van der Waals surface area contributed by atoms with Crippen molar-refractivity contribution in [3.05, 3.63) is 40.3 Å². The molecule has 0 unspecified atom stereocenters. The van der Waals surface area contributed by atoms with Crippen molar-refractivity contribution in [1.29, 1.82) is 0 Å². The van der Waals surface area contributed by atoms with Gasteiger partial charge in [0.25, 0.3) is 0 Å². The molecule has 0 aromatic heterocycles. The first-order valence-electron chi connectivity index (χ1n) is 5.06. The van der Waals surface area contributed by atoms with Crippen LogP contribution in [0.3, 0.4) is 0 Å². The molecule has 0 heterocycles. The van der Waals surface area contributed by atoms with Gasteiger partial charge in [-0.2, -0.15) is 0 Å². The summed E-state index contributed by atoms with van der Waals surface area (Å²) in [6.45, 7) is -0.477. The van der Waals surface area contributed by atoms with Crippen molar-refractivity contribution in [2.45, 2.75) is 6.42 Å². The number of hydrogen-bond donors (Lipinski definition) is 4. The number of ketones is 1. The lowest BCUT2D eigenvalue weighted by Gasteiger charge is -2.06. The third-order valence-electron chi connectivity index (χ3n) is 2.25. The highest BCUT2D eigenvalue weighted by atomic mass is 32.1. The van der Waals surface area contributed by atoms with Gasteiger partial charge in [0.05, 0.1) is 0 Å². The Kier molecular flexibility index (Phi) is 5.77. The van der Waals surface area contributed by atoms with Crippen LogP contribution in [0.2, 0.25) is 0 Å². The Balaban J connectivity index is 2.95. The summed E-state index contributed by atoms with van der Waals surface area (Å²) in [5.41, 5.74) is 1.28. The Bertz CT molecular complexity index is 424. The van der Waals surface area contributed by atoms with Crippen molar-refractivity contribution in [2.75, 3.05) is 13.2 Å². The summed E-state index contributed by atoms with van der Waals surface area (Å²) in [7, 11) is 0. The smallest absolute Gasteiger partial charge is 0.188 e. The summed E-state index contributed by atoms with van der Waals surface area (Å²) in [5.74, 6) is -0.317. The van der Waals surface area contributed by atoms with E-state index in [0.29, 0.717) is 21.8 Å². The van der Waals surface area contributed by atoms with Crippen LogP contribution in [0.15, 0.2) is 29.2 Å². The molecule has 0 saturated heterocycles. The fourth-order valence-corrected chi connectivity index (χ4v) is 1.79. The molecular formula is C12H14O3S2. The van der Waals surface area contributed by atoms with Crippen molar-refractivity contribution in [3.8, 4) is 0 Å². The van der Waals surface area contributed by atoms with Crippen LogP contribution in [-0.2, 0) is 0 Å². The first-order valence-corrected chi connectivity index (χ1v) is 5.96. The normalized spacial score (nSPS) is 12.2. The Hall–Kier alpha value is -0.750. The second kappa shape index (κ2) is 6.86. The molecule has 0 saturated carbocycles. The minimum Gasteiger partial charge on any atom is -0.396 e. The number of carbonyl (C=O) groups is 1. The number of aliphatic hydroxyl groups is 2. The molecule has 3 nitrogen and oxygen atoms in total. The van der Waals surface area contributed by atoms with E-state index in [0.717, 1.165) is 5.56 Å². The molecule has 0 aliphatic heterocycles. The zero-order valence-electron chi connectivity index (χ0n) is 9.13. The van der Waals surface area contributed by atoms with E-state index in [1.54, 1.807) is 24.3 Å². The zero-order valence-corrected chi connectivity index (χ0v) is 10.9. The maximum absolute atomic E-state index is 11.2. The molecule has 5 heteroatoms. The minimum absolute atomic E-state index is 0.0178. The van der Waals surface area contributed by atoms with Gasteiger partial charge < -0.3 is 10.2 Å². The minimum atomic E-state index is -0.495. The van der Waals surface area contributed by atoms with Gasteiger partial charge in [-0.3, -0.25) is 4.79 Å². The molecule has 0 fully saturated rings. The SMILES string of the molecule is O=C(CO)c1ccc(C(S)=C(S)CCO)cc1. The fourth-order valence-electron chi connectivity index (χ4n) is 1.30. The van der Waals surface area contributed by atoms with Crippen molar-refractivity contribution in [2.24, 2.45) is 0 Å². The molecule has 0 spiro atoms. The van der Waals surface area contributed by atoms with Gasteiger partial charge in [-0.05, 0) is 10.5 Å². The van der Waals surface area contributed by atoms with E-state index in [9.17, 15) is 4.79 Å². The molecule has 1 aromatic rings. The van der Waals surface area contributed by atoms with Gasteiger partial charge in [0.15, 0.2) is 5.78 Å². The van der Waals surface area contributed by atoms with E-state index in [2.05, 4.69) is 25.3 Å². The quantitative estimate of drug-likeness (QED) is 0.487. The van der Waals surface area contributed by atoms with Crippen LogP contribution in [0.25, 0.3) is 4.91 Å². The third-order valence-corrected chi connectivity index (χ3v) is 3.40. The first kappa shape index (κ1) is 14.3. The fraction of sp³-hybridized carbons (Fsp3) is 0.250. The van der Waals surface area contributed by atoms with E-state index in [-0.39, 0.29) is 12.4 Å². The second-order valence-corrected chi connectivity index (χ2v) is 4.41. The molecule has 17 heavy (non-hydrogen) atoms. The third kappa shape index (κ3) is 3.89. The van der Waals surface area contributed by atoms with E-state index < -0.39 is 6.61 Å². The predicted octanol–water partition coefficient (Wildman–Crippen LogP) is 1.77. The number of thiol groups is 2. The van der Waals surface area contributed by atoms with Crippen LogP contribution in [-0.4, -0.2) is 29.2 Å². The van der Waals surface area contributed by atoms with Crippen molar-refractivity contribution in [3.63, 3.8) is 0 Å². The summed E-state index contributed by atoms with van der Waals surface area (Å²) >= 11 is 8.55. The molecule has 1 rings (SSSR count). The van der Waals surface area contributed by atoms with Gasteiger partial charge in [-0.25, -0.2) is 0 Å². The molecule has 92 valence electrons. The molecule has 1 aromatic carbocycles. The second-order valence-electron chi connectivity index (χ2n) is 3.43. The molecule has 0 amide bonds. The number of carbonyl (C=O) groups excluding carboxylic acids is 1. The van der Waals surface area contributed by atoms with Crippen molar-refractivity contribution < 1.29 is 15.0 Å². The lowest BCUT2D eigenvalue weighted by Crippen LogP contribution is -2.03. The molecule has 0 aliphatic carbocycles. The highest BCUT2D eigenvalue weighted by Crippen LogP contribution is 2.26. The summed E-state index contributed by atoms with van der Waals surface area (Å²) < 4.78 is 0. The van der Waals surface area contributed by atoms with Crippen LogP contribution < -0.4 is 0 Å². The molecule has 0 radical (unpaired) electrons. The Morgan fingerprint density at radius 2 is 1.59 bits per heavy atom. The maximum Gasteiger partial charge on any atom is 0.188 e. The van der Waals surface area contributed by atoms with Crippen LogP contribution in [0, 0.1) is 0 Å². The van der Waals surface area contributed by atoms with E-state index >= 15 is 0 Å². The molecule has 2 N–H and O–H groups in total. The molecule has 0 atom stereocenters. The molecule has 0 bridgehead atoms. The summed E-state index contributed by atoms with van der Waals surface area (Å²) in [4.78, 5) is 12.6. The standard InChI is InChI=1S/C12H14O3S2/c13-6-5-11(16)12(17)9-3-1-8(2-4-9)10(15)7-14/h1-4,13-14,16-17H,5-7H2.